The van der Waals surface area contributed by atoms with Gasteiger partial charge in [0.25, 0.3) is 0 Å². The van der Waals surface area contributed by atoms with Crippen LogP contribution >= 0.6 is 0 Å². The fourth-order valence-electron chi connectivity index (χ4n) is 5.13. The predicted octanol–water partition coefficient (Wildman–Crippen LogP) is 4.44. The average molecular weight is 405 g/mol. The Hall–Kier alpha value is -3.02. The minimum Gasteiger partial charge on any atom is -0.477 e. The molecule has 0 bridgehead atoms. The lowest BCUT2D eigenvalue weighted by Crippen LogP contribution is -2.33. The molecule has 1 saturated heterocycles. The fourth-order valence-corrected chi connectivity index (χ4v) is 5.13. The first-order valence-electron chi connectivity index (χ1n) is 10.6. The number of fused-ring (bicyclic) bond motifs is 5. The van der Waals surface area contributed by atoms with E-state index in [4.69, 9.17) is 0 Å². The van der Waals surface area contributed by atoms with Gasteiger partial charge in [-0.2, -0.15) is 0 Å². The Bertz CT molecular complexity index is 1220. The number of nitrogens with one attached hydrogen (secondary N) is 1. The Morgan fingerprint density at radius 2 is 1.93 bits per heavy atom. The highest BCUT2D eigenvalue weighted by atomic mass is 16.4. The highest BCUT2D eigenvalue weighted by molar-refractivity contribution is 6.00. The molecule has 0 aliphatic carbocycles. The van der Waals surface area contributed by atoms with E-state index in [0.717, 1.165) is 36.3 Å². The number of benzene rings is 1. The van der Waals surface area contributed by atoms with Gasteiger partial charge >= 0.3 is 5.97 Å². The molecule has 6 heteroatoms. The third kappa shape index (κ3) is 2.77. The van der Waals surface area contributed by atoms with Crippen molar-refractivity contribution in [2.75, 3.05) is 18.0 Å². The van der Waals surface area contributed by atoms with Crippen LogP contribution in [0.25, 0.3) is 22.2 Å². The highest BCUT2D eigenvalue weighted by Crippen LogP contribution is 2.46. The molecule has 0 spiro atoms. The van der Waals surface area contributed by atoms with Gasteiger partial charge < -0.3 is 19.6 Å². The number of rotatable bonds is 2. The summed E-state index contributed by atoms with van der Waals surface area (Å²) in [7, 11) is 0. The fraction of sp³-hybridized carbons (Fsp3) is 0.417. The van der Waals surface area contributed by atoms with E-state index in [0.29, 0.717) is 0 Å². The summed E-state index contributed by atoms with van der Waals surface area (Å²) in [6, 6.07) is 5.91. The van der Waals surface area contributed by atoms with Gasteiger partial charge in [-0.15, -0.1) is 0 Å². The van der Waals surface area contributed by atoms with E-state index in [1.54, 1.807) is 6.20 Å². The molecule has 2 N–H and O–H groups in total. The lowest BCUT2D eigenvalue weighted by atomic mass is 9.78. The lowest BCUT2D eigenvalue weighted by Gasteiger charge is -2.39. The number of carbonyl (C=O) groups is 1. The smallest absolute Gasteiger partial charge is 0.341 e. The molecule has 5 rings (SSSR count). The van der Waals surface area contributed by atoms with Crippen LogP contribution in [0.1, 0.15) is 55.6 Å². The van der Waals surface area contributed by atoms with Crippen LogP contribution in [0, 0.1) is 5.41 Å². The third-order valence-corrected chi connectivity index (χ3v) is 6.70. The normalized spacial score (nSPS) is 18.5. The van der Waals surface area contributed by atoms with Crippen LogP contribution in [-0.4, -0.2) is 33.7 Å². The maximum atomic E-state index is 12.6. The number of aromatic nitrogens is 2. The summed E-state index contributed by atoms with van der Waals surface area (Å²) >= 11 is 0. The van der Waals surface area contributed by atoms with Gasteiger partial charge in [-0.3, -0.25) is 4.79 Å². The summed E-state index contributed by atoms with van der Waals surface area (Å²) in [5.74, 6) is -1.17. The topological polar surface area (TPSA) is 78.3 Å². The summed E-state index contributed by atoms with van der Waals surface area (Å²) in [5, 5.41) is 10.8. The van der Waals surface area contributed by atoms with Crippen molar-refractivity contribution in [3.05, 3.63) is 51.9 Å². The summed E-state index contributed by atoms with van der Waals surface area (Å²) in [4.78, 5) is 30.2. The zero-order chi connectivity index (χ0) is 21.2. The molecule has 6 nitrogen and oxygen atoms in total. The Morgan fingerprint density at radius 1 is 1.20 bits per heavy atom. The average Bonchev–Trinajstić information content (AvgIpc) is 3.37. The molecule has 2 aliphatic heterocycles. The van der Waals surface area contributed by atoms with Crippen LogP contribution in [-0.2, 0) is 6.42 Å². The van der Waals surface area contributed by atoms with E-state index in [-0.39, 0.29) is 17.0 Å². The number of nitrogens with zero attached hydrogens (tertiary/aromatic N) is 2. The maximum Gasteiger partial charge on any atom is 0.341 e. The molecule has 1 aromatic carbocycles. The molecule has 156 valence electrons. The molecule has 1 atom stereocenters. The summed E-state index contributed by atoms with van der Waals surface area (Å²) < 4.78 is 2.02. The Balaban J connectivity index is 1.83. The number of aromatic carboxylic acids is 1. The van der Waals surface area contributed by atoms with Gasteiger partial charge in [0.15, 0.2) is 5.43 Å². The quantitative estimate of drug-likeness (QED) is 0.661. The number of hydrogen-bond donors (Lipinski definition) is 2. The Kier molecular flexibility index (Phi) is 4.10. The molecule has 30 heavy (non-hydrogen) atoms. The van der Waals surface area contributed by atoms with Crippen LogP contribution < -0.4 is 10.3 Å². The van der Waals surface area contributed by atoms with Crippen molar-refractivity contribution in [2.24, 2.45) is 5.41 Å². The van der Waals surface area contributed by atoms with E-state index in [9.17, 15) is 14.7 Å². The van der Waals surface area contributed by atoms with Gasteiger partial charge in [0.2, 0.25) is 0 Å². The number of hydrogen-bond acceptors (Lipinski definition) is 3. The van der Waals surface area contributed by atoms with Crippen LogP contribution in [0.2, 0.25) is 0 Å². The molecule has 3 aromatic rings. The molecule has 4 heterocycles. The van der Waals surface area contributed by atoms with Crippen molar-refractivity contribution < 1.29 is 9.90 Å². The number of anilines is 1. The summed E-state index contributed by atoms with van der Waals surface area (Å²) in [6.45, 7) is 8.56. The second kappa shape index (κ2) is 6.49. The lowest BCUT2D eigenvalue weighted by molar-refractivity contribution is 0.0693. The van der Waals surface area contributed by atoms with Crippen molar-refractivity contribution in [2.45, 2.75) is 46.1 Å². The van der Waals surface area contributed by atoms with E-state index in [2.05, 4.69) is 42.8 Å². The number of H-pyrrole nitrogens is 1. The first kappa shape index (κ1) is 19.0. The predicted molar refractivity (Wildman–Crippen MR) is 119 cm³/mol. The van der Waals surface area contributed by atoms with Gasteiger partial charge in [-0.05, 0) is 42.4 Å². The molecule has 0 saturated carbocycles. The SMILES string of the molecule is CC(C)(C)[C@@H]1Cc2c(cc(N3CCCC3)c3cc[nH]c23)-c2cc(=O)c(C(=O)O)cn21. The number of carboxylic acid groups (broad SMARTS) is 1. The molecule has 2 aromatic heterocycles. The van der Waals surface area contributed by atoms with Gasteiger partial charge in [-0.25, -0.2) is 4.79 Å². The van der Waals surface area contributed by atoms with Gasteiger partial charge in [0.1, 0.15) is 5.56 Å². The van der Waals surface area contributed by atoms with Crippen LogP contribution in [0.3, 0.4) is 0 Å². The third-order valence-electron chi connectivity index (χ3n) is 6.70. The zero-order valence-electron chi connectivity index (χ0n) is 17.7. The Morgan fingerprint density at radius 3 is 2.60 bits per heavy atom. The molecule has 0 unspecified atom stereocenters. The minimum absolute atomic E-state index is 0.0443. The molecular weight excluding hydrogens is 378 g/mol. The van der Waals surface area contributed by atoms with Crippen molar-refractivity contribution in [3.63, 3.8) is 0 Å². The molecule has 0 radical (unpaired) electrons. The van der Waals surface area contributed by atoms with E-state index < -0.39 is 11.4 Å². The van der Waals surface area contributed by atoms with Crippen molar-refractivity contribution >= 4 is 22.6 Å². The van der Waals surface area contributed by atoms with Crippen LogP contribution in [0.4, 0.5) is 5.69 Å². The van der Waals surface area contributed by atoms with Crippen molar-refractivity contribution in [3.8, 4) is 11.3 Å². The molecule has 0 amide bonds. The molecular formula is C24H27N3O3. The summed E-state index contributed by atoms with van der Waals surface area (Å²) in [6.07, 6.45) is 6.70. The minimum atomic E-state index is -1.17. The number of pyridine rings is 1. The second-order valence-electron chi connectivity index (χ2n) is 9.62. The number of carboxylic acids is 1. The van der Waals surface area contributed by atoms with E-state index >= 15 is 0 Å². The first-order valence-corrected chi connectivity index (χ1v) is 10.6. The maximum absolute atomic E-state index is 12.6. The Labute approximate surface area is 175 Å². The van der Waals surface area contributed by atoms with Gasteiger partial charge in [-0.1, -0.05) is 20.8 Å². The van der Waals surface area contributed by atoms with Gasteiger partial charge in [0, 0.05) is 54.2 Å². The second-order valence-corrected chi connectivity index (χ2v) is 9.62. The monoisotopic (exact) mass is 405 g/mol. The molecule has 1 fully saturated rings. The van der Waals surface area contributed by atoms with E-state index in [1.165, 1.54) is 35.5 Å². The van der Waals surface area contributed by atoms with Gasteiger partial charge in [0.05, 0.1) is 11.2 Å². The largest absolute Gasteiger partial charge is 0.477 e. The standard InChI is InChI=1S/C24H27N3O3/c1-24(2,3)21-11-16-15(19-12-20(28)17(23(29)30)13-27(19)21)10-18(26-8-4-5-9-26)14-6-7-25-22(14)16/h6-7,10,12-13,21,25H,4-5,8-9,11H2,1-3H3,(H,29,30)/t21-/m0/s1. The van der Waals surface area contributed by atoms with Crippen molar-refractivity contribution in [1.82, 2.24) is 9.55 Å². The van der Waals surface area contributed by atoms with Crippen LogP contribution in [0.15, 0.2) is 35.4 Å². The van der Waals surface area contributed by atoms with Crippen molar-refractivity contribution in [1.29, 1.82) is 0 Å². The number of aromatic amines is 1. The summed E-state index contributed by atoms with van der Waals surface area (Å²) in [5.41, 5.74) is 4.65. The molecule has 2 aliphatic rings. The first-order chi connectivity index (χ1) is 14.3. The van der Waals surface area contributed by atoms with E-state index in [1.807, 2.05) is 10.8 Å². The highest BCUT2D eigenvalue weighted by Gasteiger charge is 2.35. The van der Waals surface area contributed by atoms with Crippen LogP contribution in [0.5, 0.6) is 0 Å². The zero-order valence-corrected chi connectivity index (χ0v) is 17.7.